The number of ether oxygens (including phenoxy) is 1. The van der Waals surface area contributed by atoms with E-state index in [1.165, 1.54) is 0 Å². The molecule has 0 atom stereocenters. The van der Waals surface area contributed by atoms with Crippen LogP contribution in [0.1, 0.15) is 12.5 Å². The van der Waals surface area contributed by atoms with Crippen molar-refractivity contribution in [2.75, 3.05) is 6.61 Å². The highest BCUT2D eigenvalue weighted by molar-refractivity contribution is 5.61. The van der Waals surface area contributed by atoms with Gasteiger partial charge in [-0.3, -0.25) is 4.79 Å². The van der Waals surface area contributed by atoms with Gasteiger partial charge in [0.1, 0.15) is 17.4 Å². The Morgan fingerprint density at radius 2 is 2.00 bits per heavy atom. The maximum atomic E-state index is 12.2. The number of pyridine rings is 1. The molecule has 2 aromatic rings. The number of aromatic nitrogens is 1. The van der Waals surface area contributed by atoms with Crippen LogP contribution in [0.3, 0.4) is 0 Å². The number of hydrogen-bond acceptors (Lipinski definition) is 3. The van der Waals surface area contributed by atoms with E-state index in [9.17, 15) is 4.79 Å². The smallest absolute Gasteiger partial charge is 0.269 e. The fraction of sp³-hybridized carbons (Fsp3) is 0.176. The van der Waals surface area contributed by atoms with Gasteiger partial charge in [0.25, 0.3) is 5.56 Å². The average Bonchev–Trinajstić information content (AvgIpc) is 2.51. The minimum Gasteiger partial charge on any atom is -0.494 e. The lowest BCUT2D eigenvalue weighted by atomic mass is 10.1. The van der Waals surface area contributed by atoms with Crippen molar-refractivity contribution < 1.29 is 4.74 Å². The van der Waals surface area contributed by atoms with Gasteiger partial charge in [0, 0.05) is 6.54 Å². The van der Waals surface area contributed by atoms with Crippen LogP contribution in [0, 0.1) is 11.3 Å². The third-order valence-corrected chi connectivity index (χ3v) is 3.07. The van der Waals surface area contributed by atoms with Crippen LogP contribution < -0.4 is 10.3 Å². The fourth-order valence-electron chi connectivity index (χ4n) is 2.11. The molecule has 0 radical (unpaired) electrons. The zero-order valence-corrected chi connectivity index (χ0v) is 11.9. The zero-order chi connectivity index (χ0) is 15.2. The lowest BCUT2D eigenvalue weighted by molar-refractivity contribution is 0.340. The van der Waals surface area contributed by atoms with Gasteiger partial charge in [-0.05, 0) is 48.9 Å². The van der Waals surface area contributed by atoms with Crippen LogP contribution >= 0.6 is 0 Å². The van der Waals surface area contributed by atoms with Gasteiger partial charge in [0.2, 0.25) is 0 Å². The van der Waals surface area contributed by atoms with Gasteiger partial charge in [-0.1, -0.05) is 6.08 Å². The maximum Gasteiger partial charge on any atom is 0.269 e. The molecule has 0 N–H and O–H groups in total. The van der Waals surface area contributed by atoms with Crippen molar-refractivity contribution in [3.8, 4) is 23.1 Å². The summed E-state index contributed by atoms with van der Waals surface area (Å²) in [7, 11) is 0. The van der Waals surface area contributed by atoms with Crippen LogP contribution in [0.5, 0.6) is 5.75 Å². The van der Waals surface area contributed by atoms with Crippen LogP contribution in [0.4, 0.5) is 0 Å². The number of allylic oxidation sites excluding steroid dienone is 1. The molecular formula is C17H16N2O2. The van der Waals surface area contributed by atoms with Gasteiger partial charge in [-0.15, -0.1) is 6.58 Å². The molecular weight excluding hydrogens is 264 g/mol. The Labute approximate surface area is 123 Å². The lowest BCUT2D eigenvalue weighted by Crippen LogP contribution is -2.23. The number of rotatable bonds is 5. The minimum atomic E-state index is -0.302. The van der Waals surface area contributed by atoms with Gasteiger partial charge in [0.05, 0.1) is 12.3 Å². The van der Waals surface area contributed by atoms with E-state index in [1.807, 2.05) is 37.3 Å². The Hall–Kier alpha value is -2.80. The number of benzene rings is 1. The van der Waals surface area contributed by atoms with Crippen molar-refractivity contribution in [1.82, 2.24) is 4.57 Å². The molecule has 0 amide bonds. The van der Waals surface area contributed by atoms with Crippen LogP contribution in [0.25, 0.3) is 11.3 Å². The van der Waals surface area contributed by atoms with Crippen LogP contribution in [-0.2, 0) is 6.54 Å². The normalized spacial score (nSPS) is 9.90. The Balaban J connectivity index is 2.53. The van der Waals surface area contributed by atoms with E-state index in [4.69, 9.17) is 10.00 Å². The standard InChI is InChI=1S/C17H16N2O2/c1-3-11-19-16(10-7-14(12-18)17(19)20)13-5-8-15(9-6-13)21-4-2/h3,5-10H,1,4,11H2,2H3. The molecule has 1 heterocycles. The second kappa shape index (κ2) is 6.58. The lowest BCUT2D eigenvalue weighted by Gasteiger charge is -2.12. The highest BCUT2D eigenvalue weighted by atomic mass is 16.5. The van der Waals surface area contributed by atoms with Crippen molar-refractivity contribution in [3.63, 3.8) is 0 Å². The van der Waals surface area contributed by atoms with Crippen molar-refractivity contribution in [2.45, 2.75) is 13.5 Å². The predicted molar refractivity (Wildman–Crippen MR) is 82.2 cm³/mol. The summed E-state index contributed by atoms with van der Waals surface area (Å²) in [5, 5.41) is 8.96. The highest BCUT2D eigenvalue weighted by Gasteiger charge is 2.09. The molecule has 21 heavy (non-hydrogen) atoms. The molecule has 0 aliphatic rings. The first kappa shape index (κ1) is 14.6. The molecule has 0 unspecified atom stereocenters. The summed E-state index contributed by atoms with van der Waals surface area (Å²) < 4.78 is 6.95. The van der Waals surface area contributed by atoms with Gasteiger partial charge in [0.15, 0.2) is 0 Å². The van der Waals surface area contributed by atoms with Gasteiger partial charge in [-0.2, -0.15) is 5.26 Å². The van der Waals surface area contributed by atoms with Crippen molar-refractivity contribution in [2.24, 2.45) is 0 Å². The molecule has 0 saturated heterocycles. The first-order chi connectivity index (χ1) is 10.2. The molecule has 4 heteroatoms. The first-order valence-corrected chi connectivity index (χ1v) is 6.69. The predicted octanol–water partition coefficient (Wildman–Crippen LogP) is 2.97. The second-order valence-electron chi connectivity index (χ2n) is 4.41. The zero-order valence-electron chi connectivity index (χ0n) is 11.9. The summed E-state index contributed by atoms with van der Waals surface area (Å²) in [4.78, 5) is 12.2. The van der Waals surface area contributed by atoms with E-state index in [1.54, 1.807) is 22.8 Å². The first-order valence-electron chi connectivity index (χ1n) is 6.69. The topological polar surface area (TPSA) is 55.0 Å². The van der Waals surface area contributed by atoms with Crippen molar-refractivity contribution >= 4 is 0 Å². The van der Waals surface area contributed by atoms with Crippen molar-refractivity contribution in [1.29, 1.82) is 5.26 Å². The maximum absolute atomic E-state index is 12.2. The number of nitriles is 1. The van der Waals surface area contributed by atoms with Gasteiger partial charge in [-0.25, -0.2) is 0 Å². The summed E-state index contributed by atoms with van der Waals surface area (Å²) in [6.45, 7) is 6.56. The molecule has 0 fully saturated rings. The summed E-state index contributed by atoms with van der Waals surface area (Å²) in [6.07, 6.45) is 1.64. The molecule has 1 aromatic heterocycles. The molecule has 106 valence electrons. The minimum absolute atomic E-state index is 0.131. The molecule has 2 rings (SSSR count). The van der Waals surface area contributed by atoms with Crippen molar-refractivity contribution in [3.05, 3.63) is 65.0 Å². The highest BCUT2D eigenvalue weighted by Crippen LogP contribution is 2.22. The molecule has 4 nitrogen and oxygen atoms in total. The largest absolute Gasteiger partial charge is 0.494 e. The Morgan fingerprint density at radius 3 is 2.57 bits per heavy atom. The quantitative estimate of drug-likeness (QED) is 0.791. The van der Waals surface area contributed by atoms with Crippen LogP contribution in [0.15, 0.2) is 53.8 Å². The summed E-state index contributed by atoms with van der Waals surface area (Å²) in [5.41, 5.74) is 1.47. The van der Waals surface area contributed by atoms with E-state index in [-0.39, 0.29) is 11.1 Å². The van der Waals surface area contributed by atoms with Crippen LogP contribution in [0.2, 0.25) is 0 Å². The molecule has 0 spiro atoms. The Bertz CT molecular complexity index is 737. The Kier molecular flexibility index (Phi) is 4.57. The summed E-state index contributed by atoms with van der Waals surface area (Å²) in [5.74, 6) is 0.785. The second-order valence-corrected chi connectivity index (χ2v) is 4.41. The van der Waals surface area contributed by atoms with Gasteiger partial charge < -0.3 is 9.30 Å². The fourth-order valence-corrected chi connectivity index (χ4v) is 2.11. The molecule has 0 aliphatic heterocycles. The number of nitrogens with zero attached hydrogens (tertiary/aromatic N) is 2. The van der Waals surface area contributed by atoms with E-state index < -0.39 is 0 Å². The van der Waals surface area contributed by atoms with Crippen LogP contribution in [-0.4, -0.2) is 11.2 Å². The van der Waals surface area contributed by atoms with E-state index >= 15 is 0 Å². The molecule has 0 bridgehead atoms. The summed E-state index contributed by atoms with van der Waals surface area (Å²) >= 11 is 0. The monoisotopic (exact) mass is 280 g/mol. The SMILES string of the molecule is C=CCn1c(-c2ccc(OCC)cc2)ccc(C#N)c1=O. The Morgan fingerprint density at radius 1 is 1.29 bits per heavy atom. The average molecular weight is 280 g/mol. The third kappa shape index (κ3) is 3.03. The van der Waals surface area contributed by atoms with E-state index in [0.29, 0.717) is 13.2 Å². The van der Waals surface area contributed by atoms with E-state index in [0.717, 1.165) is 17.0 Å². The molecule has 1 aromatic carbocycles. The third-order valence-electron chi connectivity index (χ3n) is 3.07. The molecule has 0 saturated carbocycles. The van der Waals surface area contributed by atoms with Gasteiger partial charge >= 0.3 is 0 Å². The van der Waals surface area contributed by atoms with E-state index in [2.05, 4.69) is 6.58 Å². The molecule has 0 aliphatic carbocycles. The summed E-state index contributed by atoms with van der Waals surface area (Å²) in [6, 6.07) is 12.7. The number of hydrogen-bond donors (Lipinski definition) is 0.